The van der Waals surface area contributed by atoms with Crippen LogP contribution in [0.3, 0.4) is 0 Å². The highest BCUT2D eigenvalue weighted by atomic mass is 35.5. The molecule has 0 atom stereocenters. The maximum absolute atomic E-state index is 6.69. The Kier molecular flexibility index (Phi) is 5.85. The molecule has 1 aromatic rings. The van der Waals surface area contributed by atoms with Crippen LogP contribution >= 0.6 is 18.9 Å². The smallest absolute Gasteiger partial charge is 0.0664 e. The predicted molar refractivity (Wildman–Crippen MR) is 102 cm³/mol. The van der Waals surface area contributed by atoms with Crippen LogP contribution < -0.4 is 5.30 Å². The number of benzene rings is 1. The first-order valence-corrected chi connectivity index (χ1v) is 11.6. The van der Waals surface area contributed by atoms with E-state index in [0.29, 0.717) is 0 Å². The van der Waals surface area contributed by atoms with Crippen LogP contribution in [-0.4, -0.2) is 11.3 Å². The van der Waals surface area contributed by atoms with Gasteiger partial charge in [-0.1, -0.05) is 43.4 Å². The van der Waals surface area contributed by atoms with E-state index in [-0.39, 0.29) is 0 Å². The predicted octanol–water partition coefficient (Wildman–Crippen LogP) is 6.66. The van der Waals surface area contributed by atoms with Crippen molar-refractivity contribution in [1.82, 2.24) is 0 Å². The van der Waals surface area contributed by atoms with Gasteiger partial charge in [0.05, 0.1) is 5.30 Å². The van der Waals surface area contributed by atoms with Gasteiger partial charge < -0.3 is 11.6 Å². The van der Waals surface area contributed by atoms with Crippen molar-refractivity contribution < 1.29 is 0 Å². The summed E-state index contributed by atoms with van der Waals surface area (Å²) in [5.41, 5.74) is 5.27. The van der Waals surface area contributed by atoms with Crippen molar-refractivity contribution in [2.45, 2.75) is 82.4 Å². The molecule has 2 saturated carbocycles. The Labute approximate surface area is 142 Å². The Hall–Kier alpha value is -0.0600. The van der Waals surface area contributed by atoms with Crippen LogP contribution in [0.4, 0.5) is 0 Å². The lowest BCUT2D eigenvalue weighted by Gasteiger charge is -2.48. The SMILES string of the molecule is Cc1ccc([P+]([CH-]Cl)(C2CCCCC2)C2CCCCC2)cc1. The minimum absolute atomic E-state index is 0.851. The molecule has 2 fully saturated rings. The van der Waals surface area contributed by atoms with E-state index >= 15 is 0 Å². The highest BCUT2D eigenvalue weighted by Gasteiger charge is 2.46. The van der Waals surface area contributed by atoms with Crippen LogP contribution in [0.25, 0.3) is 0 Å². The average Bonchev–Trinajstić information content (AvgIpc) is 2.59. The number of hydrogen-bond acceptors (Lipinski definition) is 0. The van der Waals surface area contributed by atoms with Crippen LogP contribution in [-0.2, 0) is 0 Å². The summed E-state index contributed by atoms with van der Waals surface area (Å²) in [4.78, 5) is 0. The summed E-state index contributed by atoms with van der Waals surface area (Å²) >= 11 is 6.69. The lowest BCUT2D eigenvalue weighted by atomic mass is 9.99. The molecule has 0 aliphatic heterocycles. The quantitative estimate of drug-likeness (QED) is 0.426. The Morgan fingerprint density at radius 2 is 1.27 bits per heavy atom. The highest BCUT2D eigenvalue weighted by molar-refractivity contribution is 7.87. The molecule has 1 aromatic carbocycles. The summed E-state index contributed by atoms with van der Waals surface area (Å²) < 4.78 is 0. The second-order valence-corrected chi connectivity index (χ2v) is 11.8. The van der Waals surface area contributed by atoms with Gasteiger partial charge in [0.1, 0.15) is 0 Å². The molecule has 22 heavy (non-hydrogen) atoms. The molecule has 0 N–H and O–H groups in total. The molecule has 0 amide bonds. The standard InChI is InChI=1S/C20H30ClP/c1-17-12-14-20(15-13-17)22(16-21,18-8-4-2-5-9-18)19-10-6-3-7-11-19/h12-16,18-19H,2-11H2,1H3. The van der Waals surface area contributed by atoms with E-state index in [1.165, 1.54) is 69.8 Å². The van der Waals surface area contributed by atoms with Gasteiger partial charge in [0.25, 0.3) is 0 Å². The zero-order chi connectivity index (χ0) is 15.4. The van der Waals surface area contributed by atoms with Gasteiger partial charge in [0.15, 0.2) is 0 Å². The lowest BCUT2D eigenvalue weighted by Crippen LogP contribution is -2.34. The van der Waals surface area contributed by atoms with Gasteiger partial charge in [-0.05, 0) is 70.4 Å². The first-order valence-electron chi connectivity index (χ1n) is 9.17. The zero-order valence-electron chi connectivity index (χ0n) is 13.9. The van der Waals surface area contributed by atoms with Gasteiger partial charge >= 0.3 is 0 Å². The van der Waals surface area contributed by atoms with Crippen molar-refractivity contribution in [2.75, 3.05) is 0 Å². The third kappa shape index (κ3) is 3.25. The van der Waals surface area contributed by atoms with E-state index in [2.05, 4.69) is 36.8 Å². The molecule has 0 bridgehead atoms. The Balaban J connectivity index is 1.99. The fourth-order valence-electron chi connectivity index (χ4n) is 4.76. The van der Waals surface area contributed by atoms with Crippen molar-refractivity contribution in [3.63, 3.8) is 0 Å². The number of hydrogen-bond donors (Lipinski definition) is 0. The molecule has 122 valence electrons. The first-order chi connectivity index (χ1) is 10.8. The molecule has 2 aliphatic rings. The molecular weight excluding hydrogens is 307 g/mol. The lowest BCUT2D eigenvalue weighted by molar-refractivity contribution is 0.483. The summed E-state index contributed by atoms with van der Waals surface area (Å²) in [7, 11) is -1.36. The molecule has 3 rings (SSSR count). The molecule has 0 nitrogen and oxygen atoms in total. The second kappa shape index (κ2) is 7.67. The fourth-order valence-corrected chi connectivity index (χ4v) is 11.0. The third-order valence-corrected chi connectivity index (χ3v) is 11.9. The van der Waals surface area contributed by atoms with Crippen molar-refractivity contribution in [2.24, 2.45) is 0 Å². The van der Waals surface area contributed by atoms with E-state index in [4.69, 9.17) is 11.6 Å². The minimum atomic E-state index is -1.36. The molecule has 0 heterocycles. The summed E-state index contributed by atoms with van der Waals surface area (Å²) in [5, 5.41) is 1.59. The number of rotatable bonds is 4. The summed E-state index contributed by atoms with van der Waals surface area (Å²) in [6, 6.07) is 9.42. The normalized spacial score (nSPS) is 21.9. The largest absolute Gasteiger partial charge is 0.304 e. The van der Waals surface area contributed by atoms with E-state index in [1.54, 1.807) is 5.30 Å². The molecule has 0 saturated heterocycles. The Morgan fingerprint density at radius 3 is 1.68 bits per heavy atom. The van der Waals surface area contributed by atoms with Crippen LogP contribution in [0.5, 0.6) is 0 Å². The highest BCUT2D eigenvalue weighted by Crippen LogP contribution is 2.74. The molecule has 2 aliphatic carbocycles. The van der Waals surface area contributed by atoms with Gasteiger partial charge in [-0.2, -0.15) is 0 Å². The Morgan fingerprint density at radius 1 is 0.818 bits per heavy atom. The fraction of sp³-hybridized carbons (Fsp3) is 0.650. The summed E-state index contributed by atoms with van der Waals surface area (Å²) in [5.74, 6) is 0. The Bertz CT molecular complexity index is 437. The van der Waals surface area contributed by atoms with Gasteiger partial charge in [-0.15, -0.1) is 0 Å². The average molecular weight is 337 g/mol. The van der Waals surface area contributed by atoms with Crippen molar-refractivity contribution in [1.29, 1.82) is 0 Å². The maximum atomic E-state index is 6.69. The topological polar surface area (TPSA) is 0 Å². The minimum Gasteiger partial charge on any atom is -0.304 e. The second-order valence-electron chi connectivity index (χ2n) is 7.35. The monoisotopic (exact) mass is 336 g/mol. The van der Waals surface area contributed by atoms with Gasteiger partial charge in [-0.3, -0.25) is 0 Å². The van der Waals surface area contributed by atoms with Gasteiger partial charge in [0, 0.05) is 11.3 Å². The van der Waals surface area contributed by atoms with E-state index < -0.39 is 7.26 Å². The summed E-state index contributed by atoms with van der Waals surface area (Å²) in [6.45, 7) is 2.19. The van der Waals surface area contributed by atoms with Crippen molar-refractivity contribution in [3.8, 4) is 0 Å². The molecular formula is C20H30ClP. The molecule has 0 unspecified atom stereocenters. The van der Waals surface area contributed by atoms with Crippen LogP contribution in [0.15, 0.2) is 24.3 Å². The number of halogens is 1. The van der Waals surface area contributed by atoms with E-state index in [0.717, 1.165) is 11.3 Å². The van der Waals surface area contributed by atoms with Crippen molar-refractivity contribution in [3.05, 3.63) is 35.5 Å². The van der Waals surface area contributed by atoms with Crippen molar-refractivity contribution >= 4 is 24.2 Å². The van der Waals surface area contributed by atoms with Gasteiger partial charge in [-0.25, -0.2) is 0 Å². The molecule has 0 aromatic heterocycles. The van der Waals surface area contributed by atoms with Crippen LogP contribution in [0.2, 0.25) is 0 Å². The van der Waals surface area contributed by atoms with E-state index in [1.807, 2.05) is 0 Å². The molecule has 0 spiro atoms. The van der Waals surface area contributed by atoms with E-state index in [9.17, 15) is 0 Å². The van der Waals surface area contributed by atoms with Crippen LogP contribution in [0, 0.1) is 12.5 Å². The third-order valence-electron chi connectivity index (χ3n) is 6.00. The molecule has 2 heteroatoms. The molecule has 0 radical (unpaired) electrons. The van der Waals surface area contributed by atoms with Gasteiger partial charge in [0.2, 0.25) is 0 Å². The maximum Gasteiger partial charge on any atom is 0.0664 e. The summed E-state index contributed by atoms with van der Waals surface area (Å²) in [6.07, 6.45) is 14.1. The van der Waals surface area contributed by atoms with Crippen LogP contribution in [0.1, 0.15) is 69.8 Å². The number of aryl methyl sites for hydroxylation is 1. The zero-order valence-corrected chi connectivity index (χ0v) is 15.6. The first kappa shape index (κ1) is 16.8.